The maximum Gasteiger partial charge on any atom is 0.339 e. The molecule has 0 aromatic heterocycles. The molecule has 15 nitrogen and oxygen atoms in total. The van der Waals surface area contributed by atoms with Gasteiger partial charge in [-0.1, -0.05) is 30.9 Å². The number of carbonyl (C=O) groups is 8. The Morgan fingerprint density at radius 1 is 0.582 bits per heavy atom. The van der Waals surface area contributed by atoms with Gasteiger partial charge in [-0.05, 0) is 149 Å². The largest absolute Gasteiger partial charge is 0.457 e. The second-order valence-electron chi connectivity index (χ2n) is 17.7. The molecule has 4 saturated carbocycles. The van der Waals surface area contributed by atoms with E-state index in [-0.39, 0.29) is 74.0 Å². The van der Waals surface area contributed by atoms with Crippen LogP contribution in [0.1, 0.15) is 120 Å². The second-order valence-corrected chi connectivity index (χ2v) is 17.7. The molecule has 8 rings (SSSR count). The van der Waals surface area contributed by atoms with E-state index in [1.165, 1.54) is 81.6 Å². The molecule has 0 spiro atoms. The van der Waals surface area contributed by atoms with Gasteiger partial charge in [0.05, 0.1) is 33.4 Å². The van der Waals surface area contributed by atoms with E-state index in [1.54, 1.807) is 12.1 Å². The molecule has 2 N–H and O–H groups in total. The molecule has 4 aliphatic rings. The predicted molar refractivity (Wildman–Crippen MR) is 243 cm³/mol. The minimum Gasteiger partial charge on any atom is -0.457 e. The van der Waals surface area contributed by atoms with Crippen molar-refractivity contribution in [3.63, 3.8) is 0 Å². The zero-order valence-corrected chi connectivity index (χ0v) is 37.6. The maximum absolute atomic E-state index is 14.0. The van der Waals surface area contributed by atoms with Gasteiger partial charge in [0.15, 0.2) is 24.8 Å². The number of aryl methyl sites for hydroxylation is 1. The molecule has 4 fully saturated rings. The van der Waals surface area contributed by atoms with Crippen LogP contribution in [0.5, 0.6) is 11.5 Å². The number of Topliss-reactive ketones (excluding diaryl/α,β-unsaturated/α-hetero) is 2. The zero-order chi connectivity index (χ0) is 48.2. The third kappa shape index (κ3) is 10.9. The van der Waals surface area contributed by atoms with Crippen molar-refractivity contribution in [2.75, 3.05) is 25.6 Å². The summed E-state index contributed by atoms with van der Waals surface area (Å²) in [6.07, 6.45) is 4.20. The van der Waals surface area contributed by atoms with Crippen molar-refractivity contribution in [2.24, 2.45) is 11.8 Å². The first-order valence-corrected chi connectivity index (χ1v) is 21.7. The van der Waals surface area contributed by atoms with Crippen LogP contribution in [0.2, 0.25) is 0 Å². The summed E-state index contributed by atoms with van der Waals surface area (Å²) in [5, 5.41) is 5.16. The maximum atomic E-state index is 14.0. The van der Waals surface area contributed by atoms with Gasteiger partial charge in [-0.15, -0.1) is 0 Å². The smallest absolute Gasteiger partial charge is 0.339 e. The fraction of sp³-hybridized carbons (Fsp3) is 0.308. The molecule has 0 saturated heterocycles. The Balaban J connectivity index is 1.07. The van der Waals surface area contributed by atoms with Crippen molar-refractivity contribution in [1.82, 2.24) is 5.32 Å². The molecule has 15 heteroatoms. The standard InChI is InChI=1S/C52H50N2O13/c1-29(2)43(55)26-63-49(61)39-17-15-37(20-41(39)45(57)53-6)65-38-16-18-40(50(62)64-27-44(56)30(3)4)42(21-38)46(58)54-36-13-11-35(12-14-36)48(60)67-52-24-32-19-33(25-52)23-51(22-32,28-52)66-47(59)34-9-7-31(5)8-10-34/h7-18,20-21,32-33H,1,3,19,22-28H2,2,4-6H3,(H,53,57)(H,54,58). The van der Waals surface area contributed by atoms with Crippen LogP contribution in [0.4, 0.5) is 5.69 Å². The fourth-order valence-electron chi connectivity index (χ4n) is 9.26. The Morgan fingerprint density at radius 2 is 1.01 bits per heavy atom. The SMILES string of the molecule is C=C(C)C(=O)COC(=O)c1ccc(Oc2ccc(C(=O)OCC(=O)C(=C)C)c(C(=O)Nc3ccc(C(=O)OC45CC6CC(CC(OC(=O)c7ccc(C)cc7)(C6)C4)C5)cc3)c2)cc1C(=O)NC. The first kappa shape index (κ1) is 47.3. The average molecular weight is 911 g/mol. The third-order valence-electron chi connectivity index (χ3n) is 12.2. The highest BCUT2D eigenvalue weighted by Gasteiger charge is 2.61. The van der Waals surface area contributed by atoms with Gasteiger partial charge in [0.1, 0.15) is 22.7 Å². The summed E-state index contributed by atoms with van der Waals surface area (Å²) in [5.74, 6) is -4.77. The lowest BCUT2D eigenvalue weighted by Gasteiger charge is -2.60. The molecule has 2 atom stereocenters. The van der Waals surface area contributed by atoms with E-state index in [2.05, 4.69) is 23.8 Å². The Bertz CT molecular complexity index is 2700. The van der Waals surface area contributed by atoms with Crippen molar-refractivity contribution in [3.05, 3.63) is 148 Å². The van der Waals surface area contributed by atoms with Gasteiger partial charge in [0.25, 0.3) is 11.8 Å². The molecule has 346 valence electrons. The number of benzene rings is 4. The Labute approximate surface area is 386 Å². The van der Waals surface area contributed by atoms with E-state index in [1.807, 2.05) is 19.1 Å². The average Bonchev–Trinajstić information content (AvgIpc) is 3.28. The number of rotatable bonds is 17. The number of anilines is 1. The quantitative estimate of drug-likeness (QED) is 0.0584. The number of carbonyl (C=O) groups excluding carboxylic acids is 8. The first-order valence-electron chi connectivity index (χ1n) is 21.7. The highest BCUT2D eigenvalue weighted by atomic mass is 16.6. The Hall–Kier alpha value is -7.68. The first-order chi connectivity index (χ1) is 31.8. The summed E-state index contributed by atoms with van der Waals surface area (Å²) in [4.78, 5) is 104. The highest BCUT2D eigenvalue weighted by Crippen LogP contribution is 2.60. The molecule has 4 aromatic rings. The van der Waals surface area contributed by atoms with E-state index in [0.29, 0.717) is 24.8 Å². The van der Waals surface area contributed by atoms with E-state index < -0.39 is 65.7 Å². The van der Waals surface area contributed by atoms with Crippen LogP contribution < -0.4 is 15.4 Å². The van der Waals surface area contributed by atoms with E-state index >= 15 is 0 Å². The summed E-state index contributed by atoms with van der Waals surface area (Å²) >= 11 is 0. The van der Waals surface area contributed by atoms with Gasteiger partial charge in [-0.2, -0.15) is 0 Å². The van der Waals surface area contributed by atoms with Gasteiger partial charge in [0, 0.05) is 19.2 Å². The number of ketones is 2. The topological polar surface area (TPSA) is 207 Å². The molecule has 67 heavy (non-hydrogen) atoms. The third-order valence-corrected chi connectivity index (χ3v) is 12.2. The minimum atomic E-state index is -0.990. The molecule has 2 unspecified atom stereocenters. The van der Waals surface area contributed by atoms with E-state index in [9.17, 15) is 38.4 Å². The second kappa shape index (κ2) is 19.4. The number of ether oxygens (including phenoxy) is 5. The lowest BCUT2D eigenvalue weighted by atomic mass is 9.52. The van der Waals surface area contributed by atoms with E-state index in [4.69, 9.17) is 23.7 Å². The van der Waals surface area contributed by atoms with Crippen molar-refractivity contribution in [1.29, 1.82) is 0 Å². The summed E-state index contributed by atoms with van der Waals surface area (Å²) in [5.41, 5.74) is 0.106. The molecule has 4 bridgehead atoms. The molecular formula is C52H50N2O13. The fourth-order valence-corrected chi connectivity index (χ4v) is 9.26. The predicted octanol–water partition coefficient (Wildman–Crippen LogP) is 8.11. The van der Waals surface area contributed by atoms with Gasteiger partial charge in [0.2, 0.25) is 0 Å². The molecule has 0 aliphatic heterocycles. The Kier molecular flexibility index (Phi) is 13.7. The molecule has 4 aliphatic carbocycles. The van der Waals surface area contributed by atoms with Crippen LogP contribution in [0.3, 0.4) is 0 Å². The van der Waals surface area contributed by atoms with Gasteiger partial charge in [-0.3, -0.25) is 19.2 Å². The van der Waals surface area contributed by atoms with Crippen LogP contribution in [-0.4, -0.2) is 78.7 Å². The number of nitrogens with one attached hydrogen (secondary N) is 2. The highest BCUT2D eigenvalue weighted by molar-refractivity contribution is 6.12. The monoisotopic (exact) mass is 910 g/mol. The van der Waals surface area contributed by atoms with Gasteiger partial charge in [-0.25, -0.2) is 19.2 Å². The lowest BCUT2D eigenvalue weighted by molar-refractivity contribution is -0.200. The van der Waals surface area contributed by atoms with Crippen LogP contribution in [0.15, 0.2) is 109 Å². The number of hydrogen-bond donors (Lipinski definition) is 2. The number of amides is 2. The molecule has 0 radical (unpaired) electrons. The van der Waals surface area contributed by atoms with Gasteiger partial charge < -0.3 is 34.3 Å². The summed E-state index contributed by atoms with van der Waals surface area (Å²) < 4.78 is 28.9. The molecule has 2 amide bonds. The molecule has 0 heterocycles. The van der Waals surface area contributed by atoms with Crippen molar-refractivity contribution >= 4 is 52.9 Å². The summed E-state index contributed by atoms with van der Waals surface area (Å²) in [6, 6.07) is 21.0. The Morgan fingerprint density at radius 3 is 1.45 bits per heavy atom. The zero-order valence-electron chi connectivity index (χ0n) is 37.6. The van der Waals surface area contributed by atoms with Gasteiger partial charge >= 0.3 is 23.9 Å². The van der Waals surface area contributed by atoms with Crippen LogP contribution in [-0.2, 0) is 28.5 Å². The lowest BCUT2D eigenvalue weighted by Crippen LogP contribution is -2.61. The normalized spacial score (nSPS) is 19.8. The molecule has 4 aromatic carbocycles. The summed E-state index contributed by atoms with van der Waals surface area (Å²) in [7, 11) is 1.36. The van der Waals surface area contributed by atoms with Crippen LogP contribution in [0, 0.1) is 18.8 Å². The van der Waals surface area contributed by atoms with Crippen molar-refractivity contribution in [3.8, 4) is 11.5 Å². The van der Waals surface area contributed by atoms with Crippen LogP contribution >= 0.6 is 0 Å². The van der Waals surface area contributed by atoms with Crippen molar-refractivity contribution < 1.29 is 62.0 Å². The summed E-state index contributed by atoms with van der Waals surface area (Å²) in [6.45, 7) is 10.8. The van der Waals surface area contributed by atoms with Crippen molar-refractivity contribution in [2.45, 2.75) is 70.5 Å². The number of hydrogen-bond acceptors (Lipinski definition) is 13. The molecular weight excluding hydrogens is 861 g/mol. The minimum absolute atomic E-state index is 0.0272. The van der Waals surface area contributed by atoms with E-state index in [0.717, 1.165) is 24.8 Å². The number of esters is 4. The van der Waals surface area contributed by atoms with Crippen LogP contribution in [0.25, 0.3) is 0 Å².